The number of hydrogen-bond donors (Lipinski definition) is 0. The zero-order valence-corrected chi connectivity index (χ0v) is 32.4. The van der Waals surface area contributed by atoms with Gasteiger partial charge in [-0.1, -0.05) is 133 Å². The van der Waals surface area contributed by atoms with Crippen molar-refractivity contribution in [2.45, 2.75) is 9.79 Å². The lowest BCUT2D eigenvalue weighted by Gasteiger charge is -2.33. The summed E-state index contributed by atoms with van der Waals surface area (Å²) in [5.41, 5.74) is 15.3. The van der Waals surface area contributed by atoms with Gasteiger partial charge < -0.3 is 14.4 Å². The summed E-state index contributed by atoms with van der Waals surface area (Å²) in [5, 5.41) is 2.50. The maximum atomic E-state index is 2.41. The molecule has 1 aromatic heterocycles. The van der Waals surface area contributed by atoms with Crippen LogP contribution in [-0.2, 0) is 0 Å². The largest absolute Gasteiger partial charge is 0.311 e. The second-order valence-corrected chi connectivity index (χ2v) is 15.7. The minimum absolute atomic E-state index is 1.11. The molecule has 0 atom stereocenters. The van der Waals surface area contributed by atoms with Crippen LogP contribution < -0.4 is 9.80 Å². The molecule has 10 aromatic rings. The van der Waals surface area contributed by atoms with Crippen LogP contribution in [0.25, 0.3) is 49.7 Å². The first-order valence-corrected chi connectivity index (χ1v) is 20.5. The summed E-state index contributed by atoms with van der Waals surface area (Å²) in [5.74, 6) is 0. The first-order chi connectivity index (χ1) is 28.8. The molecular weight excluding hydrogens is 723 g/mol. The first-order valence-electron chi connectivity index (χ1n) is 19.7. The van der Waals surface area contributed by atoms with Crippen LogP contribution in [0.1, 0.15) is 0 Å². The third-order valence-electron chi connectivity index (χ3n) is 11.2. The third kappa shape index (κ3) is 5.94. The Kier molecular flexibility index (Phi) is 8.41. The van der Waals surface area contributed by atoms with Crippen LogP contribution in [0.5, 0.6) is 0 Å². The van der Waals surface area contributed by atoms with Gasteiger partial charge in [0.05, 0.1) is 22.4 Å². The van der Waals surface area contributed by atoms with Gasteiger partial charge in [0.2, 0.25) is 0 Å². The Morgan fingerprint density at radius 2 is 0.845 bits per heavy atom. The van der Waals surface area contributed by atoms with E-state index in [0.29, 0.717) is 0 Å². The molecule has 1 aliphatic rings. The molecule has 9 aromatic carbocycles. The highest BCUT2D eigenvalue weighted by Gasteiger charge is 2.26. The molecule has 3 nitrogen and oxygen atoms in total. The number of anilines is 6. The summed E-state index contributed by atoms with van der Waals surface area (Å²) in [4.78, 5) is 7.18. The number of fused-ring (bicyclic) bond motifs is 5. The van der Waals surface area contributed by atoms with E-state index in [-0.39, 0.29) is 0 Å². The second-order valence-electron chi connectivity index (χ2n) is 14.6. The van der Waals surface area contributed by atoms with E-state index >= 15 is 0 Å². The fourth-order valence-electron chi connectivity index (χ4n) is 8.43. The van der Waals surface area contributed by atoms with Crippen molar-refractivity contribution in [2.24, 2.45) is 0 Å². The average molecular weight is 760 g/mol. The summed E-state index contributed by atoms with van der Waals surface area (Å²) in [6.45, 7) is 0. The quantitative estimate of drug-likeness (QED) is 0.160. The van der Waals surface area contributed by atoms with Crippen molar-refractivity contribution in [2.75, 3.05) is 9.80 Å². The third-order valence-corrected chi connectivity index (χ3v) is 12.3. The zero-order chi connectivity index (χ0) is 38.4. The minimum Gasteiger partial charge on any atom is -0.311 e. The highest BCUT2D eigenvalue weighted by molar-refractivity contribution is 7.99. The molecule has 0 spiro atoms. The number of benzene rings is 9. The number of rotatable bonds is 7. The van der Waals surface area contributed by atoms with E-state index in [1.807, 2.05) is 11.8 Å². The van der Waals surface area contributed by atoms with Crippen LogP contribution >= 0.6 is 11.8 Å². The van der Waals surface area contributed by atoms with Crippen molar-refractivity contribution in [3.63, 3.8) is 0 Å². The van der Waals surface area contributed by atoms with Crippen molar-refractivity contribution in [3.8, 4) is 27.9 Å². The maximum absolute atomic E-state index is 2.41. The normalized spacial score (nSPS) is 12.0. The number of aromatic nitrogens is 1. The van der Waals surface area contributed by atoms with E-state index < -0.39 is 0 Å². The van der Waals surface area contributed by atoms with Crippen molar-refractivity contribution in [3.05, 3.63) is 224 Å². The highest BCUT2D eigenvalue weighted by Crippen LogP contribution is 2.52. The standard InChI is InChI=1S/C54H37N3S/c1-4-14-38(15-5-1)39-24-28-45(29-25-39)56-49-21-11-10-20-47(49)48-36-40(26-34-50(48)56)41-27-35-52-54(37-41)58-53-23-13-12-22-51(53)57(52)46-32-30-44(31-33-46)55(42-16-6-2-7-17-42)43-18-8-3-9-19-43/h1-37H. The minimum atomic E-state index is 1.11. The summed E-state index contributed by atoms with van der Waals surface area (Å²) >= 11 is 1.85. The molecule has 274 valence electrons. The van der Waals surface area contributed by atoms with Crippen LogP contribution in [0.3, 0.4) is 0 Å². The summed E-state index contributed by atoms with van der Waals surface area (Å²) < 4.78 is 2.39. The summed E-state index contributed by atoms with van der Waals surface area (Å²) in [6, 6.07) is 81.0. The molecular formula is C54H37N3S. The molecule has 0 aliphatic carbocycles. The molecule has 2 heterocycles. The monoisotopic (exact) mass is 759 g/mol. The molecule has 0 unspecified atom stereocenters. The van der Waals surface area contributed by atoms with Crippen molar-refractivity contribution in [1.29, 1.82) is 0 Å². The fraction of sp³-hybridized carbons (Fsp3) is 0. The Morgan fingerprint density at radius 1 is 0.328 bits per heavy atom. The molecule has 4 heteroatoms. The lowest BCUT2D eigenvalue weighted by atomic mass is 10.0. The van der Waals surface area contributed by atoms with Gasteiger partial charge in [-0.25, -0.2) is 0 Å². The predicted octanol–water partition coefficient (Wildman–Crippen LogP) is 15.5. The van der Waals surface area contributed by atoms with Gasteiger partial charge in [-0.15, -0.1) is 0 Å². The average Bonchev–Trinajstić information content (AvgIpc) is 3.63. The summed E-state index contributed by atoms with van der Waals surface area (Å²) in [7, 11) is 0. The molecule has 11 rings (SSSR count). The van der Waals surface area contributed by atoms with E-state index in [1.54, 1.807) is 0 Å². The molecule has 0 saturated carbocycles. The van der Waals surface area contributed by atoms with Crippen molar-refractivity contribution < 1.29 is 0 Å². The highest BCUT2D eigenvalue weighted by atomic mass is 32.2. The van der Waals surface area contributed by atoms with E-state index in [9.17, 15) is 0 Å². The lowest BCUT2D eigenvalue weighted by molar-refractivity contribution is 1.16. The van der Waals surface area contributed by atoms with Gasteiger partial charge in [0, 0.05) is 49.0 Å². The van der Waals surface area contributed by atoms with Gasteiger partial charge >= 0.3 is 0 Å². The van der Waals surface area contributed by atoms with Gasteiger partial charge in [-0.2, -0.15) is 0 Å². The molecule has 0 amide bonds. The number of hydrogen-bond acceptors (Lipinski definition) is 3. The van der Waals surface area contributed by atoms with Crippen LogP contribution in [0.15, 0.2) is 234 Å². The molecule has 0 radical (unpaired) electrons. The van der Waals surface area contributed by atoms with E-state index in [4.69, 9.17) is 0 Å². The number of nitrogens with zero attached hydrogens (tertiary/aromatic N) is 3. The van der Waals surface area contributed by atoms with E-state index in [0.717, 1.165) is 28.4 Å². The van der Waals surface area contributed by atoms with Gasteiger partial charge in [-0.05, 0) is 125 Å². The molecule has 58 heavy (non-hydrogen) atoms. The molecule has 0 bridgehead atoms. The Balaban J connectivity index is 0.965. The predicted molar refractivity (Wildman–Crippen MR) is 245 cm³/mol. The topological polar surface area (TPSA) is 11.4 Å². The van der Waals surface area contributed by atoms with Crippen molar-refractivity contribution in [1.82, 2.24) is 4.57 Å². The van der Waals surface area contributed by atoms with E-state index in [2.05, 4.69) is 239 Å². The Morgan fingerprint density at radius 3 is 1.59 bits per heavy atom. The molecule has 0 fully saturated rings. The van der Waals surface area contributed by atoms with Crippen LogP contribution in [0, 0.1) is 0 Å². The molecule has 1 aliphatic heterocycles. The second kappa shape index (κ2) is 14.3. The summed E-state index contributed by atoms with van der Waals surface area (Å²) in [6.07, 6.45) is 0. The van der Waals surface area contributed by atoms with Gasteiger partial charge in [-0.3, -0.25) is 0 Å². The van der Waals surface area contributed by atoms with Crippen LogP contribution in [-0.4, -0.2) is 4.57 Å². The van der Waals surface area contributed by atoms with Crippen molar-refractivity contribution >= 4 is 67.7 Å². The first kappa shape index (κ1) is 34.0. The van der Waals surface area contributed by atoms with E-state index in [1.165, 1.54) is 65.2 Å². The molecule has 0 saturated heterocycles. The Hall–Kier alpha value is -7.27. The van der Waals surface area contributed by atoms with Gasteiger partial charge in [0.1, 0.15) is 0 Å². The SMILES string of the molecule is c1ccc(-c2ccc(-n3c4ccccc4c4cc(-c5ccc6c(c5)Sc5ccccc5N6c5ccc(N(c6ccccc6)c6ccccc6)cc5)ccc43)cc2)cc1. The maximum Gasteiger partial charge on any atom is 0.0602 e. The smallest absolute Gasteiger partial charge is 0.0602 e. The lowest BCUT2D eigenvalue weighted by Crippen LogP contribution is -2.15. The zero-order valence-electron chi connectivity index (χ0n) is 31.6. The van der Waals surface area contributed by atoms with Gasteiger partial charge in [0.15, 0.2) is 0 Å². The molecule has 0 N–H and O–H groups in total. The van der Waals surface area contributed by atoms with Crippen LogP contribution in [0.2, 0.25) is 0 Å². The van der Waals surface area contributed by atoms with Gasteiger partial charge in [0.25, 0.3) is 0 Å². The van der Waals surface area contributed by atoms with Crippen LogP contribution in [0.4, 0.5) is 34.1 Å². The number of para-hydroxylation sites is 4. The Bertz CT molecular complexity index is 3030. The fourth-order valence-corrected chi connectivity index (χ4v) is 9.53. The Labute approximate surface area is 342 Å².